The number of methoxy groups -OCH3 is 1. The zero-order valence-corrected chi connectivity index (χ0v) is 13.4. The van der Waals surface area contributed by atoms with E-state index in [2.05, 4.69) is 24.3 Å². The molecule has 20 heavy (non-hydrogen) atoms. The van der Waals surface area contributed by atoms with Gasteiger partial charge in [-0.1, -0.05) is 0 Å². The van der Waals surface area contributed by atoms with Gasteiger partial charge in [0.05, 0.1) is 13.3 Å². The van der Waals surface area contributed by atoms with Crippen LogP contribution in [0.2, 0.25) is 0 Å². The van der Waals surface area contributed by atoms with Crippen LogP contribution in [0.1, 0.15) is 26.7 Å². The Kier molecular flexibility index (Phi) is 4.75. The third-order valence-electron chi connectivity index (χ3n) is 3.52. The maximum atomic E-state index is 12.4. The molecule has 1 heterocycles. The molecule has 0 amide bonds. The van der Waals surface area contributed by atoms with E-state index in [9.17, 15) is 4.79 Å². The number of rotatable bonds is 7. The number of hydrogen-bond acceptors (Lipinski definition) is 5. The third-order valence-corrected chi connectivity index (χ3v) is 4.66. The van der Waals surface area contributed by atoms with Gasteiger partial charge in [-0.3, -0.25) is 14.8 Å². The number of nitrogens with one attached hydrogen (secondary N) is 1. The van der Waals surface area contributed by atoms with Crippen LogP contribution >= 0.6 is 11.8 Å². The van der Waals surface area contributed by atoms with E-state index in [1.54, 1.807) is 16.4 Å². The van der Waals surface area contributed by atoms with Gasteiger partial charge in [0.15, 0.2) is 0 Å². The van der Waals surface area contributed by atoms with Crippen LogP contribution in [0.5, 0.6) is 0 Å². The summed E-state index contributed by atoms with van der Waals surface area (Å²) in [4.78, 5) is 13.4. The zero-order valence-electron chi connectivity index (χ0n) is 12.5. The van der Waals surface area contributed by atoms with E-state index in [0.717, 1.165) is 17.7 Å². The average Bonchev–Trinajstić information content (AvgIpc) is 3.17. The first kappa shape index (κ1) is 15.4. The monoisotopic (exact) mass is 297 g/mol. The summed E-state index contributed by atoms with van der Waals surface area (Å²) >= 11 is 1.66. The summed E-state index contributed by atoms with van der Waals surface area (Å²) in [5.74, 6) is 0.903. The molecule has 1 aliphatic carbocycles. The van der Waals surface area contributed by atoms with Gasteiger partial charge >= 0.3 is 5.97 Å². The lowest BCUT2D eigenvalue weighted by molar-refractivity contribution is -0.148. The highest BCUT2D eigenvalue weighted by Gasteiger charge is 2.52. The van der Waals surface area contributed by atoms with Gasteiger partial charge in [-0.25, -0.2) is 0 Å². The van der Waals surface area contributed by atoms with Crippen LogP contribution in [0.3, 0.4) is 0 Å². The maximum absolute atomic E-state index is 12.4. The van der Waals surface area contributed by atoms with Crippen LogP contribution < -0.4 is 5.32 Å². The molecule has 6 heteroatoms. The fraction of sp³-hybridized carbons (Fsp3) is 0.714. The van der Waals surface area contributed by atoms with Crippen molar-refractivity contribution in [2.24, 2.45) is 13.0 Å². The van der Waals surface area contributed by atoms with Gasteiger partial charge in [-0.05, 0) is 32.6 Å². The maximum Gasteiger partial charge on any atom is 0.327 e. The van der Waals surface area contributed by atoms with Crippen molar-refractivity contribution in [3.05, 3.63) is 12.4 Å². The topological polar surface area (TPSA) is 56.1 Å². The van der Waals surface area contributed by atoms with E-state index in [-0.39, 0.29) is 12.0 Å². The van der Waals surface area contributed by atoms with E-state index in [4.69, 9.17) is 4.74 Å². The van der Waals surface area contributed by atoms with E-state index in [1.807, 2.05) is 19.4 Å². The molecular formula is C14H23N3O2S. The molecule has 0 bridgehead atoms. The largest absolute Gasteiger partial charge is 0.468 e. The van der Waals surface area contributed by atoms with E-state index >= 15 is 0 Å². The molecule has 0 aromatic carbocycles. The van der Waals surface area contributed by atoms with Gasteiger partial charge in [0.25, 0.3) is 0 Å². The van der Waals surface area contributed by atoms with Crippen LogP contribution in [0.4, 0.5) is 0 Å². The smallest absolute Gasteiger partial charge is 0.327 e. The number of thioether (sulfide) groups is 1. The van der Waals surface area contributed by atoms with Gasteiger partial charge in [-0.2, -0.15) is 5.10 Å². The highest BCUT2D eigenvalue weighted by atomic mass is 32.2. The minimum absolute atomic E-state index is 0.148. The van der Waals surface area contributed by atoms with Crippen molar-refractivity contribution in [3.8, 4) is 0 Å². The predicted octanol–water partition coefficient (Wildman–Crippen LogP) is 1.83. The fourth-order valence-corrected chi connectivity index (χ4v) is 3.69. The molecule has 0 aliphatic heterocycles. The van der Waals surface area contributed by atoms with Crippen molar-refractivity contribution >= 4 is 17.7 Å². The molecule has 5 nitrogen and oxygen atoms in total. The first-order valence-corrected chi connectivity index (χ1v) is 7.94. The number of carbonyl (C=O) groups is 1. The first-order valence-electron chi connectivity index (χ1n) is 6.95. The second-order valence-electron chi connectivity index (χ2n) is 5.67. The summed E-state index contributed by atoms with van der Waals surface area (Å²) in [5, 5.41) is 7.62. The van der Waals surface area contributed by atoms with Gasteiger partial charge in [0.1, 0.15) is 5.54 Å². The van der Waals surface area contributed by atoms with Crippen LogP contribution in [0.25, 0.3) is 0 Å². The van der Waals surface area contributed by atoms with Crippen molar-refractivity contribution in [2.45, 2.75) is 43.2 Å². The van der Waals surface area contributed by atoms with Crippen molar-refractivity contribution < 1.29 is 9.53 Å². The van der Waals surface area contributed by atoms with Crippen molar-refractivity contribution in [1.82, 2.24) is 15.1 Å². The highest BCUT2D eigenvalue weighted by molar-refractivity contribution is 7.99. The Morgan fingerprint density at radius 2 is 2.35 bits per heavy atom. The summed E-state index contributed by atoms with van der Waals surface area (Å²) in [6.07, 6.45) is 5.97. The van der Waals surface area contributed by atoms with Crippen molar-refractivity contribution in [3.63, 3.8) is 0 Å². The summed E-state index contributed by atoms with van der Waals surface area (Å²) in [5.41, 5.74) is -0.580. The number of aromatic nitrogens is 2. The Labute approximate surface area is 124 Å². The van der Waals surface area contributed by atoms with E-state index in [0.29, 0.717) is 11.7 Å². The quantitative estimate of drug-likeness (QED) is 0.615. The molecule has 1 aliphatic rings. The standard InChI is InChI=1S/C14H23N3O2S/c1-10(2)16-14(11-5-6-11,13(18)19-4)9-20-12-7-15-17(3)8-12/h7-8,10-11,16H,5-6,9H2,1-4H3. The summed E-state index contributed by atoms with van der Waals surface area (Å²) < 4.78 is 6.85. The number of hydrogen-bond donors (Lipinski definition) is 1. The number of esters is 1. The lowest BCUT2D eigenvalue weighted by Crippen LogP contribution is -2.59. The zero-order chi connectivity index (χ0) is 14.8. The van der Waals surface area contributed by atoms with Gasteiger partial charge in [-0.15, -0.1) is 11.8 Å². The number of ether oxygens (including phenoxy) is 1. The van der Waals surface area contributed by atoms with Crippen molar-refractivity contribution in [2.75, 3.05) is 12.9 Å². The lowest BCUT2D eigenvalue weighted by atomic mass is 9.94. The summed E-state index contributed by atoms with van der Waals surface area (Å²) in [6.45, 7) is 4.13. The molecule has 1 unspecified atom stereocenters. The molecule has 1 saturated carbocycles. The molecule has 2 rings (SSSR count). The molecular weight excluding hydrogens is 274 g/mol. The predicted molar refractivity (Wildman–Crippen MR) is 79.7 cm³/mol. The van der Waals surface area contributed by atoms with Crippen LogP contribution in [-0.2, 0) is 16.6 Å². The minimum Gasteiger partial charge on any atom is -0.468 e. The van der Waals surface area contributed by atoms with Crippen molar-refractivity contribution in [1.29, 1.82) is 0 Å². The van der Waals surface area contributed by atoms with E-state index in [1.165, 1.54) is 7.11 Å². The number of carbonyl (C=O) groups excluding carboxylic acids is 1. The van der Waals surface area contributed by atoms with Gasteiger partial charge in [0, 0.05) is 29.9 Å². The molecule has 0 saturated heterocycles. The average molecular weight is 297 g/mol. The molecule has 1 fully saturated rings. The Bertz CT molecular complexity index is 471. The molecule has 1 atom stereocenters. The number of nitrogens with zero attached hydrogens (tertiary/aromatic N) is 2. The SMILES string of the molecule is COC(=O)C(CSc1cnn(C)c1)(NC(C)C)C1CC1. The third kappa shape index (κ3) is 3.35. The van der Waals surface area contributed by atoms with E-state index < -0.39 is 5.54 Å². The Morgan fingerprint density at radius 1 is 1.65 bits per heavy atom. The Morgan fingerprint density at radius 3 is 2.80 bits per heavy atom. The normalized spacial score (nSPS) is 18.1. The molecule has 1 aromatic rings. The second kappa shape index (κ2) is 6.18. The van der Waals surface area contributed by atoms with Crippen LogP contribution in [0.15, 0.2) is 17.3 Å². The highest BCUT2D eigenvalue weighted by Crippen LogP contribution is 2.43. The number of aryl methyl sites for hydroxylation is 1. The molecule has 112 valence electrons. The minimum atomic E-state index is -0.580. The molecule has 1 N–H and O–H groups in total. The molecule has 1 aromatic heterocycles. The van der Waals surface area contributed by atoms with Crippen LogP contribution in [-0.4, -0.2) is 40.2 Å². The van der Waals surface area contributed by atoms with Gasteiger partial charge in [0.2, 0.25) is 0 Å². The lowest BCUT2D eigenvalue weighted by Gasteiger charge is -2.34. The summed E-state index contributed by atoms with van der Waals surface area (Å²) in [6, 6.07) is 0.240. The van der Waals surface area contributed by atoms with Crippen LogP contribution in [0, 0.1) is 5.92 Å². The van der Waals surface area contributed by atoms with Gasteiger partial charge < -0.3 is 4.74 Å². The Hall–Kier alpha value is -1.01. The fourth-order valence-electron chi connectivity index (χ4n) is 2.51. The summed E-state index contributed by atoms with van der Waals surface area (Å²) in [7, 11) is 3.36. The Balaban J connectivity index is 2.14. The first-order chi connectivity index (χ1) is 9.48. The molecule has 0 spiro atoms. The molecule has 0 radical (unpaired) electrons. The second-order valence-corrected chi connectivity index (χ2v) is 6.72.